The van der Waals surface area contributed by atoms with Gasteiger partial charge >= 0.3 is 5.97 Å². The fourth-order valence-corrected chi connectivity index (χ4v) is 2.39. The molecule has 1 atom stereocenters. The van der Waals surface area contributed by atoms with Gasteiger partial charge in [0.25, 0.3) is 5.56 Å². The summed E-state index contributed by atoms with van der Waals surface area (Å²) in [5, 5.41) is 4.38. The zero-order valence-electron chi connectivity index (χ0n) is 13.8. The summed E-state index contributed by atoms with van der Waals surface area (Å²) < 4.78 is 6.26. The molecule has 23 heavy (non-hydrogen) atoms. The van der Waals surface area contributed by atoms with Gasteiger partial charge in [0.05, 0.1) is 12.3 Å². The smallest absolute Gasteiger partial charge is 0.331 e. The molecule has 0 spiro atoms. The minimum atomic E-state index is -0.697. The Balaban J connectivity index is 2.41. The minimum absolute atomic E-state index is 0.280. The Kier molecular flexibility index (Phi) is 5.68. The fraction of sp³-hybridized carbons (Fsp3) is 0.389. The average Bonchev–Trinajstić information content (AvgIpc) is 2.57. The van der Waals surface area contributed by atoms with E-state index in [2.05, 4.69) is 12.0 Å². The van der Waals surface area contributed by atoms with E-state index in [4.69, 9.17) is 4.74 Å². The molecule has 5 heteroatoms. The molecule has 0 aliphatic heterocycles. The Morgan fingerprint density at radius 2 is 1.83 bits per heavy atom. The van der Waals surface area contributed by atoms with Crippen molar-refractivity contribution in [1.29, 1.82) is 0 Å². The van der Waals surface area contributed by atoms with Crippen molar-refractivity contribution in [3.8, 4) is 11.3 Å². The lowest BCUT2D eigenvalue weighted by atomic mass is 10.1. The van der Waals surface area contributed by atoms with Gasteiger partial charge in [-0.25, -0.2) is 9.48 Å². The summed E-state index contributed by atoms with van der Waals surface area (Å²) in [6, 6.07) is 10.4. The Labute approximate surface area is 135 Å². The molecule has 0 bridgehead atoms. The molecular weight excluding hydrogens is 292 g/mol. The van der Waals surface area contributed by atoms with E-state index in [1.54, 1.807) is 13.0 Å². The van der Waals surface area contributed by atoms with Gasteiger partial charge in [0.2, 0.25) is 0 Å². The second-order valence-electron chi connectivity index (χ2n) is 5.23. The maximum absolute atomic E-state index is 12.1. The topological polar surface area (TPSA) is 61.2 Å². The third-order valence-electron chi connectivity index (χ3n) is 3.72. The molecule has 1 heterocycles. The van der Waals surface area contributed by atoms with Crippen LogP contribution in [0.4, 0.5) is 0 Å². The van der Waals surface area contributed by atoms with Crippen molar-refractivity contribution in [1.82, 2.24) is 9.78 Å². The molecule has 2 aromatic rings. The SMILES string of the molecule is CCOC(=O)C(CC)n1nc(-c2ccc(CC)cc2)ccc1=O. The van der Waals surface area contributed by atoms with Crippen LogP contribution in [-0.2, 0) is 16.0 Å². The van der Waals surface area contributed by atoms with E-state index in [-0.39, 0.29) is 12.2 Å². The van der Waals surface area contributed by atoms with Crippen molar-refractivity contribution in [2.75, 3.05) is 6.61 Å². The summed E-state index contributed by atoms with van der Waals surface area (Å²) in [5.41, 5.74) is 2.50. The lowest BCUT2D eigenvalue weighted by Gasteiger charge is -2.16. The highest BCUT2D eigenvalue weighted by molar-refractivity contribution is 5.74. The van der Waals surface area contributed by atoms with Crippen LogP contribution in [0.5, 0.6) is 0 Å². The highest BCUT2D eigenvalue weighted by Gasteiger charge is 2.22. The molecular formula is C18H22N2O3. The van der Waals surface area contributed by atoms with Gasteiger partial charge in [-0.3, -0.25) is 4.79 Å². The number of hydrogen-bond donors (Lipinski definition) is 0. The van der Waals surface area contributed by atoms with Crippen LogP contribution in [0.3, 0.4) is 0 Å². The number of esters is 1. The molecule has 1 unspecified atom stereocenters. The molecule has 5 nitrogen and oxygen atoms in total. The monoisotopic (exact) mass is 314 g/mol. The molecule has 2 rings (SSSR count). The number of ether oxygens (including phenoxy) is 1. The second kappa shape index (κ2) is 7.72. The van der Waals surface area contributed by atoms with Gasteiger partial charge in [0, 0.05) is 11.6 Å². The predicted octanol–water partition coefficient (Wildman–Crippen LogP) is 2.99. The van der Waals surface area contributed by atoms with Crippen molar-refractivity contribution in [3.63, 3.8) is 0 Å². The van der Waals surface area contributed by atoms with Crippen LogP contribution in [0.2, 0.25) is 0 Å². The van der Waals surface area contributed by atoms with Crippen molar-refractivity contribution in [2.24, 2.45) is 0 Å². The predicted molar refractivity (Wildman–Crippen MR) is 89.3 cm³/mol. The van der Waals surface area contributed by atoms with Crippen LogP contribution < -0.4 is 5.56 Å². The first-order chi connectivity index (χ1) is 11.1. The molecule has 0 saturated heterocycles. The van der Waals surface area contributed by atoms with E-state index in [0.29, 0.717) is 12.1 Å². The van der Waals surface area contributed by atoms with E-state index in [1.807, 2.05) is 31.2 Å². The summed E-state index contributed by atoms with van der Waals surface area (Å²) in [5.74, 6) is -0.428. The van der Waals surface area contributed by atoms with E-state index in [0.717, 1.165) is 12.0 Å². The van der Waals surface area contributed by atoms with Crippen molar-refractivity contribution < 1.29 is 9.53 Å². The summed E-state index contributed by atoms with van der Waals surface area (Å²) >= 11 is 0. The Bertz CT molecular complexity index is 720. The zero-order valence-corrected chi connectivity index (χ0v) is 13.8. The molecule has 1 aromatic carbocycles. The summed E-state index contributed by atoms with van der Waals surface area (Å²) in [7, 11) is 0. The highest BCUT2D eigenvalue weighted by atomic mass is 16.5. The first-order valence-corrected chi connectivity index (χ1v) is 7.96. The van der Waals surface area contributed by atoms with E-state index in [1.165, 1.54) is 16.3 Å². The standard InChI is InChI=1S/C18H22N2O3/c1-4-13-7-9-14(10-8-13)15-11-12-17(21)20(19-15)16(5-2)18(22)23-6-3/h7-12,16H,4-6H2,1-3H3. The number of aromatic nitrogens is 2. The fourth-order valence-electron chi connectivity index (χ4n) is 2.39. The first-order valence-electron chi connectivity index (χ1n) is 7.96. The molecule has 0 saturated carbocycles. The highest BCUT2D eigenvalue weighted by Crippen LogP contribution is 2.18. The van der Waals surface area contributed by atoms with E-state index in [9.17, 15) is 9.59 Å². The Morgan fingerprint density at radius 1 is 1.13 bits per heavy atom. The van der Waals surface area contributed by atoms with Crippen LogP contribution in [-0.4, -0.2) is 22.4 Å². The quantitative estimate of drug-likeness (QED) is 0.769. The van der Waals surface area contributed by atoms with Crippen LogP contribution in [0, 0.1) is 0 Å². The summed E-state index contributed by atoms with van der Waals surface area (Å²) in [4.78, 5) is 24.1. The maximum atomic E-state index is 12.1. The average molecular weight is 314 g/mol. The minimum Gasteiger partial charge on any atom is -0.464 e. The zero-order chi connectivity index (χ0) is 16.8. The number of carbonyl (C=O) groups excluding carboxylic acids is 1. The number of carbonyl (C=O) groups is 1. The van der Waals surface area contributed by atoms with Crippen molar-refractivity contribution >= 4 is 5.97 Å². The van der Waals surface area contributed by atoms with Gasteiger partial charge in [-0.05, 0) is 31.4 Å². The van der Waals surface area contributed by atoms with Gasteiger partial charge < -0.3 is 4.74 Å². The number of aryl methyl sites for hydroxylation is 1. The van der Waals surface area contributed by atoms with E-state index < -0.39 is 12.0 Å². The van der Waals surface area contributed by atoms with Crippen LogP contribution >= 0.6 is 0 Å². The molecule has 0 aliphatic carbocycles. The molecule has 1 aromatic heterocycles. The van der Waals surface area contributed by atoms with Crippen LogP contribution in [0.1, 0.15) is 38.8 Å². The van der Waals surface area contributed by atoms with E-state index >= 15 is 0 Å². The lowest BCUT2D eigenvalue weighted by Crippen LogP contribution is -2.32. The normalized spacial score (nSPS) is 12.0. The van der Waals surface area contributed by atoms with Crippen molar-refractivity contribution in [3.05, 3.63) is 52.3 Å². The number of nitrogens with zero attached hydrogens (tertiary/aromatic N) is 2. The molecule has 122 valence electrons. The van der Waals surface area contributed by atoms with Crippen molar-refractivity contribution in [2.45, 2.75) is 39.7 Å². The number of benzene rings is 1. The molecule has 0 aliphatic rings. The van der Waals surface area contributed by atoms with Gasteiger partial charge in [0.15, 0.2) is 6.04 Å². The number of rotatable bonds is 6. The Morgan fingerprint density at radius 3 is 2.39 bits per heavy atom. The maximum Gasteiger partial charge on any atom is 0.331 e. The van der Waals surface area contributed by atoms with Gasteiger partial charge in [-0.1, -0.05) is 38.1 Å². The third-order valence-corrected chi connectivity index (χ3v) is 3.72. The largest absolute Gasteiger partial charge is 0.464 e. The second-order valence-corrected chi connectivity index (χ2v) is 5.23. The van der Waals surface area contributed by atoms with Crippen LogP contribution in [0.15, 0.2) is 41.2 Å². The molecule has 0 radical (unpaired) electrons. The summed E-state index contributed by atoms with van der Waals surface area (Å²) in [6.45, 7) is 5.95. The molecule has 0 N–H and O–H groups in total. The van der Waals surface area contributed by atoms with Gasteiger partial charge in [0.1, 0.15) is 0 Å². The first kappa shape index (κ1) is 16.9. The molecule has 0 fully saturated rings. The molecule has 0 amide bonds. The van der Waals surface area contributed by atoms with Gasteiger partial charge in [-0.2, -0.15) is 5.10 Å². The van der Waals surface area contributed by atoms with Gasteiger partial charge in [-0.15, -0.1) is 0 Å². The Hall–Kier alpha value is -2.43. The lowest BCUT2D eigenvalue weighted by molar-refractivity contribution is -0.147. The number of hydrogen-bond acceptors (Lipinski definition) is 4. The third kappa shape index (κ3) is 3.86. The summed E-state index contributed by atoms with van der Waals surface area (Å²) in [6.07, 6.45) is 1.41. The van der Waals surface area contributed by atoms with Crippen LogP contribution in [0.25, 0.3) is 11.3 Å².